The molecule has 2 saturated carbocycles. The number of carboxylic acids is 1. The zero-order chi connectivity index (χ0) is 27.8. The summed E-state index contributed by atoms with van der Waals surface area (Å²) in [7, 11) is 1.42. The first-order valence-electron chi connectivity index (χ1n) is 14.9. The highest BCUT2D eigenvalue weighted by Gasteiger charge is 2.45. The van der Waals surface area contributed by atoms with Crippen LogP contribution in [0.1, 0.15) is 82.4 Å². The summed E-state index contributed by atoms with van der Waals surface area (Å²) in [4.78, 5) is 50.1. The Morgan fingerprint density at radius 1 is 0.975 bits per heavy atom. The topological polar surface area (TPSA) is 126 Å². The molecular weight excluding hydrogens is 510 g/mol. The van der Waals surface area contributed by atoms with E-state index in [9.17, 15) is 14.4 Å². The number of rotatable bonds is 7. The molecule has 1 aromatic heterocycles. The van der Waals surface area contributed by atoms with Crippen LogP contribution in [-0.2, 0) is 14.4 Å². The van der Waals surface area contributed by atoms with E-state index in [0.29, 0.717) is 23.6 Å². The zero-order valence-electron chi connectivity index (χ0n) is 23.1. The molecule has 4 fully saturated rings. The molecule has 1 amide bonds. The Bertz CT molecular complexity index is 1350. The average Bonchev–Trinajstić information content (AvgIpc) is 2.94. The van der Waals surface area contributed by atoms with E-state index in [1.165, 1.54) is 52.0 Å². The van der Waals surface area contributed by atoms with Crippen LogP contribution in [0.3, 0.4) is 0 Å². The third-order valence-electron chi connectivity index (χ3n) is 9.70. The molecule has 2 saturated heterocycles. The second-order valence-electron chi connectivity index (χ2n) is 12.1. The van der Waals surface area contributed by atoms with Gasteiger partial charge in [0.05, 0.1) is 11.0 Å². The third-order valence-corrected chi connectivity index (χ3v) is 9.70. The predicted octanol–water partition coefficient (Wildman–Crippen LogP) is 3.47. The van der Waals surface area contributed by atoms with Crippen molar-refractivity contribution in [1.29, 1.82) is 0 Å². The Kier molecular flexibility index (Phi) is 7.61. The third kappa shape index (κ3) is 5.13. The van der Waals surface area contributed by atoms with E-state index in [1.807, 2.05) is 28.8 Å². The molecule has 1 aromatic carbocycles. The number of piperidine rings is 2. The smallest absolute Gasteiger partial charge is 0.344 e. The number of oxime groups is 1. The number of carboxylic acid groups (broad SMARTS) is 1. The van der Waals surface area contributed by atoms with Crippen LogP contribution in [0.15, 0.2) is 34.2 Å². The van der Waals surface area contributed by atoms with E-state index >= 15 is 0 Å². The fraction of sp³-hybridized carbons (Fsp3) is 0.633. The van der Waals surface area contributed by atoms with E-state index in [1.54, 1.807) is 0 Å². The van der Waals surface area contributed by atoms with Gasteiger partial charge in [-0.2, -0.15) is 0 Å². The van der Waals surface area contributed by atoms with Gasteiger partial charge in [0.1, 0.15) is 0 Å². The number of carbonyl (C=O) groups excluding carboxylic acids is 1. The van der Waals surface area contributed by atoms with Gasteiger partial charge in [-0.3, -0.25) is 14.5 Å². The second kappa shape index (κ2) is 11.3. The minimum absolute atomic E-state index is 0.0281. The number of aliphatic carboxylic acids is 1. The van der Waals surface area contributed by atoms with Crippen molar-refractivity contribution in [1.82, 2.24) is 19.8 Å². The lowest BCUT2D eigenvalue weighted by Crippen LogP contribution is -2.58. The molecule has 3 heterocycles. The van der Waals surface area contributed by atoms with Gasteiger partial charge in [0.25, 0.3) is 11.5 Å². The van der Waals surface area contributed by atoms with E-state index in [2.05, 4.69) is 20.4 Å². The predicted molar refractivity (Wildman–Crippen MR) is 150 cm³/mol. The fourth-order valence-electron chi connectivity index (χ4n) is 8.27. The van der Waals surface area contributed by atoms with Crippen LogP contribution >= 0.6 is 0 Å². The number of likely N-dealkylation sites (N-methyl/N-ethyl adjacent to an activating group) is 1. The number of hydrogen-bond acceptors (Lipinski definition) is 7. The minimum Gasteiger partial charge on any atom is -0.479 e. The Morgan fingerprint density at radius 3 is 2.33 bits per heavy atom. The molecule has 10 nitrogen and oxygen atoms in total. The number of carbonyl (C=O) groups is 2. The summed E-state index contributed by atoms with van der Waals surface area (Å²) in [6, 6.07) is 8.99. The molecule has 6 rings (SSSR count). The molecule has 0 radical (unpaired) electrons. The van der Waals surface area contributed by atoms with E-state index in [0.717, 1.165) is 43.0 Å². The number of nitrogens with zero attached hydrogens (tertiary/aromatic N) is 4. The van der Waals surface area contributed by atoms with Crippen molar-refractivity contribution in [3.8, 4) is 0 Å². The highest BCUT2D eigenvalue weighted by molar-refractivity contribution is 6.44. The zero-order valence-corrected chi connectivity index (χ0v) is 23.1. The van der Waals surface area contributed by atoms with Gasteiger partial charge < -0.3 is 19.8 Å². The van der Waals surface area contributed by atoms with Crippen LogP contribution in [0.4, 0.5) is 0 Å². The number of amides is 1. The molecular formula is C30H39N5O5. The van der Waals surface area contributed by atoms with Gasteiger partial charge >= 0.3 is 5.97 Å². The fourth-order valence-corrected chi connectivity index (χ4v) is 8.27. The highest BCUT2D eigenvalue weighted by atomic mass is 16.6. The summed E-state index contributed by atoms with van der Waals surface area (Å²) in [5.41, 5.74) is 0.474. The highest BCUT2D eigenvalue weighted by Crippen LogP contribution is 2.47. The number of hydrogen-bond donors (Lipinski definition) is 2. The Balaban J connectivity index is 1.36. The number of benzene rings is 1. The van der Waals surface area contributed by atoms with Crippen LogP contribution in [0.5, 0.6) is 0 Å². The van der Waals surface area contributed by atoms with Crippen molar-refractivity contribution in [3.05, 3.63) is 40.3 Å². The maximum absolute atomic E-state index is 14.1. The summed E-state index contributed by atoms with van der Waals surface area (Å²) in [5.74, 6) is -0.151. The lowest BCUT2D eigenvalue weighted by atomic mass is 9.68. The number of para-hydroxylation sites is 2. The van der Waals surface area contributed by atoms with Crippen molar-refractivity contribution in [2.75, 3.05) is 13.7 Å². The van der Waals surface area contributed by atoms with E-state index < -0.39 is 24.0 Å². The van der Waals surface area contributed by atoms with Crippen molar-refractivity contribution in [2.45, 2.75) is 94.8 Å². The molecule has 2 aromatic rings. The van der Waals surface area contributed by atoms with Crippen LogP contribution in [0.25, 0.3) is 11.0 Å². The Hall–Kier alpha value is -3.27. The standard InChI is InChI=1S/C30H39N5O5/c1-31-29(38)27(33-40-17-26(36)37)28-30(39)35(25-11-3-2-10-24(25)32-28)23-15-20-8-5-9-21(16-23)34(20)22-13-18-6-4-7-19(12-18)14-22/h2-3,10-11,18-23H,4-9,12-17H2,1H3,(H,31,38)(H,36,37). The van der Waals surface area contributed by atoms with Gasteiger partial charge in [-0.25, -0.2) is 9.78 Å². The number of fused-ring (bicyclic) bond motifs is 5. The summed E-state index contributed by atoms with van der Waals surface area (Å²) < 4.78 is 1.82. The molecule has 2 N–H and O–H groups in total. The average molecular weight is 550 g/mol. The SMILES string of the molecule is CNC(=O)C(=NOCC(=O)O)c1nc2ccccc2n(C2CC3CCCC(C2)N3C2CC3CCCC(C3)C2)c1=O. The molecule has 4 unspecified atom stereocenters. The molecule has 0 spiro atoms. The van der Waals surface area contributed by atoms with Crippen LogP contribution in [0, 0.1) is 11.8 Å². The largest absolute Gasteiger partial charge is 0.479 e. The van der Waals surface area contributed by atoms with Gasteiger partial charge in [-0.15, -0.1) is 0 Å². The Morgan fingerprint density at radius 2 is 1.65 bits per heavy atom. The molecule has 2 aliphatic carbocycles. The monoisotopic (exact) mass is 549 g/mol. The number of aromatic nitrogens is 2. The number of nitrogens with one attached hydrogen (secondary N) is 1. The lowest BCUT2D eigenvalue weighted by Gasteiger charge is -2.55. The molecule has 2 aliphatic heterocycles. The van der Waals surface area contributed by atoms with Gasteiger partial charge in [0.15, 0.2) is 11.4 Å². The molecule has 4 atom stereocenters. The minimum atomic E-state index is -1.23. The molecule has 40 heavy (non-hydrogen) atoms. The first kappa shape index (κ1) is 26.9. The van der Waals surface area contributed by atoms with Crippen LogP contribution < -0.4 is 10.9 Å². The normalized spacial score (nSPS) is 30.6. The maximum Gasteiger partial charge on any atom is 0.344 e. The van der Waals surface area contributed by atoms with Crippen LogP contribution in [-0.4, -0.2) is 68.9 Å². The summed E-state index contributed by atoms with van der Waals surface area (Å²) >= 11 is 0. The molecule has 10 heteroatoms. The second-order valence-corrected chi connectivity index (χ2v) is 12.1. The molecule has 214 valence electrons. The maximum atomic E-state index is 14.1. The summed E-state index contributed by atoms with van der Waals surface area (Å²) in [6.07, 6.45) is 13.5. The van der Waals surface area contributed by atoms with Crippen molar-refractivity contribution in [2.24, 2.45) is 17.0 Å². The first-order valence-corrected chi connectivity index (χ1v) is 14.9. The van der Waals surface area contributed by atoms with Gasteiger partial charge in [0.2, 0.25) is 6.61 Å². The van der Waals surface area contributed by atoms with Gasteiger partial charge in [-0.05, 0) is 68.9 Å². The summed E-state index contributed by atoms with van der Waals surface area (Å²) in [6.45, 7) is -0.729. The Labute approximate surface area is 233 Å². The van der Waals surface area contributed by atoms with Crippen molar-refractivity contribution in [3.63, 3.8) is 0 Å². The molecule has 4 aliphatic rings. The van der Waals surface area contributed by atoms with Gasteiger partial charge in [0, 0.05) is 31.2 Å². The van der Waals surface area contributed by atoms with Crippen molar-refractivity contribution < 1.29 is 19.5 Å². The summed E-state index contributed by atoms with van der Waals surface area (Å²) in [5, 5.41) is 15.2. The van der Waals surface area contributed by atoms with Gasteiger partial charge in [-0.1, -0.05) is 43.0 Å². The quantitative estimate of drug-likeness (QED) is 0.400. The van der Waals surface area contributed by atoms with Crippen molar-refractivity contribution >= 4 is 28.6 Å². The molecule has 4 bridgehead atoms. The van der Waals surface area contributed by atoms with E-state index in [4.69, 9.17) is 9.94 Å². The first-order chi connectivity index (χ1) is 19.4. The lowest BCUT2D eigenvalue weighted by molar-refractivity contribution is -0.142. The van der Waals surface area contributed by atoms with Crippen LogP contribution in [0.2, 0.25) is 0 Å². The van der Waals surface area contributed by atoms with E-state index in [-0.39, 0.29) is 17.4 Å².